The summed E-state index contributed by atoms with van der Waals surface area (Å²) in [5, 5.41) is 5.97. The maximum atomic E-state index is 11.9. The summed E-state index contributed by atoms with van der Waals surface area (Å²) in [6.45, 7) is 0.109. The van der Waals surface area contributed by atoms with E-state index in [2.05, 4.69) is 36.5 Å². The number of nitrogens with one attached hydrogen (secondary N) is 2. The Balaban J connectivity index is 1.41. The van der Waals surface area contributed by atoms with Gasteiger partial charge in [-0.2, -0.15) is 0 Å². The number of aromatic nitrogens is 2. The summed E-state index contributed by atoms with van der Waals surface area (Å²) in [5.74, 6) is -0.476. The van der Waals surface area contributed by atoms with Gasteiger partial charge in [0.1, 0.15) is 5.82 Å². The maximum Gasteiger partial charge on any atom is 0.309 e. The quantitative estimate of drug-likeness (QED) is 0.740. The van der Waals surface area contributed by atoms with Crippen molar-refractivity contribution in [2.24, 2.45) is 0 Å². The first-order valence-electron chi connectivity index (χ1n) is 7.82. The van der Waals surface area contributed by atoms with Gasteiger partial charge in [-0.15, -0.1) is 0 Å². The van der Waals surface area contributed by atoms with Crippen molar-refractivity contribution in [1.82, 2.24) is 20.6 Å². The van der Waals surface area contributed by atoms with Gasteiger partial charge in [0.25, 0.3) is 0 Å². The van der Waals surface area contributed by atoms with Gasteiger partial charge in [-0.25, -0.2) is 9.97 Å². The number of nitrogens with zero attached hydrogens (tertiary/aromatic N) is 2. The average molecular weight is 424 g/mol. The van der Waals surface area contributed by atoms with Crippen molar-refractivity contribution < 1.29 is 9.59 Å². The topological polar surface area (TPSA) is 84.0 Å². The van der Waals surface area contributed by atoms with Crippen molar-refractivity contribution >= 4 is 39.3 Å². The van der Waals surface area contributed by atoms with E-state index in [1.165, 1.54) is 5.56 Å². The first kappa shape index (κ1) is 17.8. The van der Waals surface area contributed by atoms with Crippen LogP contribution in [0.3, 0.4) is 0 Å². The van der Waals surface area contributed by atoms with Crippen molar-refractivity contribution in [1.29, 1.82) is 0 Å². The van der Waals surface area contributed by atoms with E-state index < -0.39 is 11.8 Å². The van der Waals surface area contributed by atoms with Gasteiger partial charge in [0.05, 0.1) is 11.0 Å². The molecule has 0 unspecified atom stereocenters. The lowest BCUT2D eigenvalue weighted by molar-refractivity contribution is -0.140. The number of carbonyl (C=O) groups excluding carboxylic acids is 2. The summed E-state index contributed by atoms with van der Waals surface area (Å²) in [6, 6.07) is 7.73. The Morgan fingerprint density at radius 2 is 1.76 bits per heavy atom. The van der Waals surface area contributed by atoms with E-state index in [1.807, 2.05) is 24.3 Å². The van der Waals surface area contributed by atoms with Gasteiger partial charge < -0.3 is 10.6 Å². The molecule has 1 aliphatic rings. The molecule has 25 heavy (non-hydrogen) atoms. The first-order valence-corrected chi connectivity index (χ1v) is 8.99. The van der Waals surface area contributed by atoms with Crippen LogP contribution in [0.25, 0.3) is 0 Å². The Bertz CT molecular complexity index is 761. The summed E-state index contributed by atoms with van der Waals surface area (Å²) in [6.07, 6.45) is 4.80. The zero-order chi connectivity index (χ0) is 17.8. The number of halogens is 2. The van der Waals surface area contributed by atoms with Gasteiger partial charge in [-0.05, 0) is 52.4 Å². The highest BCUT2D eigenvalue weighted by Gasteiger charge is 2.32. The number of rotatable bonds is 4. The van der Waals surface area contributed by atoms with Crippen LogP contribution in [0.15, 0.2) is 41.1 Å². The molecule has 0 saturated heterocycles. The zero-order valence-electron chi connectivity index (χ0n) is 13.2. The van der Waals surface area contributed by atoms with E-state index in [0.717, 1.165) is 17.3 Å². The maximum absolute atomic E-state index is 11.9. The first-order chi connectivity index (χ1) is 12.0. The monoisotopic (exact) mass is 422 g/mol. The summed E-state index contributed by atoms with van der Waals surface area (Å²) < 4.78 is 0.751. The molecule has 1 aliphatic carbocycles. The summed E-state index contributed by atoms with van der Waals surface area (Å²) in [7, 11) is 0. The predicted molar refractivity (Wildman–Crippen MR) is 96.9 cm³/mol. The lowest BCUT2D eigenvalue weighted by Crippen LogP contribution is -2.49. The summed E-state index contributed by atoms with van der Waals surface area (Å²) in [5.41, 5.74) is 1.20. The van der Waals surface area contributed by atoms with Gasteiger partial charge in [0, 0.05) is 23.5 Å². The van der Waals surface area contributed by atoms with Crippen molar-refractivity contribution in [3.8, 4) is 0 Å². The Labute approximate surface area is 158 Å². The molecule has 3 rings (SSSR count). The molecule has 0 aliphatic heterocycles. The van der Waals surface area contributed by atoms with Crippen LogP contribution >= 0.6 is 27.5 Å². The van der Waals surface area contributed by atoms with Gasteiger partial charge in [0.2, 0.25) is 0 Å². The molecule has 130 valence electrons. The predicted octanol–water partition coefficient (Wildman–Crippen LogP) is 2.57. The second kappa shape index (κ2) is 7.93. The van der Waals surface area contributed by atoms with E-state index in [4.69, 9.17) is 11.6 Å². The highest BCUT2D eigenvalue weighted by molar-refractivity contribution is 9.10. The van der Waals surface area contributed by atoms with Crippen molar-refractivity contribution in [2.45, 2.75) is 31.3 Å². The standard InChI is InChI=1S/C17H16BrClN4O2/c18-12-7-20-15(21-8-12)9-22-16(24)17(25)23-14-5-11(6-14)10-1-3-13(19)4-2-10/h1-4,7-8,11,14H,5-6,9H2,(H,22,24)(H,23,25). The fraction of sp³-hybridized carbons (Fsp3) is 0.294. The molecule has 0 atom stereocenters. The molecule has 1 aromatic heterocycles. The van der Waals surface area contributed by atoms with Gasteiger partial charge >= 0.3 is 11.8 Å². The van der Waals surface area contributed by atoms with Gasteiger partial charge in [0.15, 0.2) is 0 Å². The van der Waals surface area contributed by atoms with Gasteiger partial charge in [-0.3, -0.25) is 9.59 Å². The Hall–Kier alpha value is -1.99. The van der Waals surface area contributed by atoms with Crippen LogP contribution in [0, 0.1) is 0 Å². The molecule has 0 spiro atoms. The zero-order valence-corrected chi connectivity index (χ0v) is 15.5. The van der Waals surface area contributed by atoms with E-state index in [1.54, 1.807) is 12.4 Å². The fourth-order valence-corrected chi connectivity index (χ4v) is 2.99. The smallest absolute Gasteiger partial charge is 0.309 e. The van der Waals surface area contributed by atoms with Crippen LogP contribution in [0.5, 0.6) is 0 Å². The Morgan fingerprint density at radius 1 is 1.12 bits per heavy atom. The highest BCUT2D eigenvalue weighted by atomic mass is 79.9. The largest absolute Gasteiger partial charge is 0.345 e. The van der Waals surface area contributed by atoms with E-state index in [0.29, 0.717) is 16.8 Å². The molecule has 1 aromatic carbocycles. The molecule has 8 heteroatoms. The van der Waals surface area contributed by atoms with Gasteiger partial charge in [-0.1, -0.05) is 23.7 Å². The van der Waals surface area contributed by atoms with E-state index in [9.17, 15) is 9.59 Å². The lowest BCUT2D eigenvalue weighted by atomic mass is 9.76. The summed E-state index contributed by atoms with van der Waals surface area (Å²) >= 11 is 9.11. The number of amides is 2. The van der Waals surface area contributed by atoms with Crippen LogP contribution < -0.4 is 10.6 Å². The van der Waals surface area contributed by atoms with Crippen LogP contribution in [0.2, 0.25) is 5.02 Å². The molecule has 0 radical (unpaired) electrons. The second-order valence-corrected chi connectivity index (χ2v) is 7.24. The molecule has 2 N–H and O–H groups in total. The van der Waals surface area contributed by atoms with Crippen molar-refractivity contribution in [3.05, 3.63) is 57.5 Å². The van der Waals surface area contributed by atoms with Crippen LogP contribution in [-0.4, -0.2) is 27.8 Å². The fourth-order valence-electron chi connectivity index (χ4n) is 2.66. The van der Waals surface area contributed by atoms with Crippen molar-refractivity contribution in [2.75, 3.05) is 0 Å². The number of benzene rings is 1. The minimum Gasteiger partial charge on any atom is -0.345 e. The van der Waals surface area contributed by atoms with Crippen LogP contribution in [-0.2, 0) is 16.1 Å². The molecule has 2 aromatic rings. The lowest BCUT2D eigenvalue weighted by Gasteiger charge is -2.36. The molecule has 2 amide bonds. The second-order valence-electron chi connectivity index (χ2n) is 5.89. The SMILES string of the molecule is O=C(NCc1ncc(Br)cn1)C(=O)NC1CC(c2ccc(Cl)cc2)C1. The number of hydrogen-bond acceptors (Lipinski definition) is 4. The molecule has 1 heterocycles. The third kappa shape index (κ3) is 4.76. The Kier molecular flexibility index (Phi) is 5.65. The highest BCUT2D eigenvalue weighted by Crippen LogP contribution is 2.37. The number of carbonyl (C=O) groups is 2. The normalized spacial score (nSPS) is 19.0. The molecule has 0 bridgehead atoms. The van der Waals surface area contributed by atoms with E-state index >= 15 is 0 Å². The average Bonchev–Trinajstić information content (AvgIpc) is 2.58. The molecular formula is C17H16BrClN4O2. The Morgan fingerprint density at radius 3 is 2.40 bits per heavy atom. The minimum absolute atomic E-state index is 0.0165. The van der Waals surface area contributed by atoms with Crippen molar-refractivity contribution in [3.63, 3.8) is 0 Å². The molecule has 1 fully saturated rings. The van der Waals surface area contributed by atoms with E-state index in [-0.39, 0.29) is 12.6 Å². The molecule has 1 saturated carbocycles. The third-order valence-electron chi connectivity index (χ3n) is 4.10. The summed E-state index contributed by atoms with van der Waals surface area (Å²) in [4.78, 5) is 31.8. The molecular weight excluding hydrogens is 408 g/mol. The minimum atomic E-state index is -0.679. The number of hydrogen-bond donors (Lipinski definition) is 2. The third-order valence-corrected chi connectivity index (χ3v) is 4.76. The molecule has 6 nitrogen and oxygen atoms in total. The van der Waals surface area contributed by atoms with Crippen LogP contribution in [0.1, 0.15) is 30.1 Å². The van der Waals surface area contributed by atoms with Crippen LogP contribution in [0.4, 0.5) is 0 Å².